The van der Waals surface area contributed by atoms with Crippen LogP contribution in [0.4, 0.5) is 5.69 Å². The molecule has 0 unspecified atom stereocenters. The van der Waals surface area contributed by atoms with E-state index < -0.39 is 12.1 Å². The summed E-state index contributed by atoms with van der Waals surface area (Å²) in [5, 5.41) is 9.28. The number of ether oxygens (including phenoxy) is 1. The van der Waals surface area contributed by atoms with Gasteiger partial charge in [0.25, 0.3) is 5.91 Å². The van der Waals surface area contributed by atoms with Crippen molar-refractivity contribution in [3.8, 4) is 6.07 Å². The van der Waals surface area contributed by atoms with Gasteiger partial charge in [0.15, 0.2) is 6.10 Å². The van der Waals surface area contributed by atoms with Crippen LogP contribution in [0.25, 0.3) is 6.08 Å². The lowest BCUT2D eigenvalue weighted by Crippen LogP contribution is -2.40. The SMILES string of the molecule is CCN(C(=O)[C@@H](C)OC(=O)/C(C#N)=C/c1ccc(C)cc1)c1ccccc1. The molecule has 138 valence electrons. The number of hydrogen-bond donors (Lipinski definition) is 0. The average Bonchev–Trinajstić information content (AvgIpc) is 2.68. The molecule has 0 saturated carbocycles. The fourth-order valence-electron chi connectivity index (χ4n) is 2.53. The third-order valence-corrected chi connectivity index (χ3v) is 4.01. The number of benzene rings is 2. The molecule has 5 nitrogen and oxygen atoms in total. The highest BCUT2D eigenvalue weighted by Gasteiger charge is 2.25. The van der Waals surface area contributed by atoms with Crippen molar-refractivity contribution in [1.82, 2.24) is 0 Å². The van der Waals surface area contributed by atoms with Crippen molar-refractivity contribution >= 4 is 23.6 Å². The van der Waals surface area contributed by atoms with E-state index in [-0.39, 0.29) is 11.5 Å². The first-order valence-electron chi connectivity index (χ1n) is 8.72. The van der Waals surface area contributed by atoms with E-state index in [1.54, 1.807) is 0 Å². The quantitative estimate of drug-likeness (QED) is 0.444. The molecule has 0 N–H and O–H groups in total. The van der Waals surface area contributed by atoms with E-state index in [4.69, 9.17) is 4.74 Å². The van der Waals surface area contributed by atoms with Gasteiger partial charge in [-0.15, -0.1) is 0 Å². The maximum Gasteiger partial charge on any atom is 0.349 e. The Bertz CT molecular complexity index is 865. The second-order valence-electron chi connectivity index (χ2n) is 6.05. The highest BCUT2D eigenvalue weighted by Crippen LogP contribution is 2.16. The van der Waals surface area contributed by atoms with Crippen molar-refractivity contribution in [2.75, 3.05) is 11.4 Å². The Labute approximate surface area is 159 Å². The molecule has 0 aromatic heterocycles. The van der Waals surface area contributed by atoms with Gasteiger partial charge >= 0.3 is 5.97 Å². The van der Waals surface area contributed by atoms with Crippen LogP contribution in [0, 0.1) is 18.3 Å². The zero-order valence-corrected chi connectivity index (χ0v) is 15.7. The van der Waals surface area contributed by atoms with Gasteiger partial charge < -0.3 is 9.64 Å². The summed E-state index contributed by atoms with van der Waals surface area (Å²) in [4.78, 5) is 26.5. The first kappa shape index (κ1) is 19.9. The van der Waals surface area contributed by atoms with Crippen LogP contribution in [0.15, 0.2) is 60.2 Å². The molecule has 2 aromatic rings. The zero-order valence-electron chi connectivity index (χ0n) is 15.7. The molecular formula is C22H22N2O3. The molecule has 0 heterocycles. The molecule has 0 radical (unpaired) electrons. The maximum absolute atomic E-state index is 12.7. The maximum atomic E-state index is 12.7. The van der Waals surface area contributed by atoms with Crippen LogP contribution < -0.4 is 4.90 Å². The van der Waals surface area contributed by atoms with E-state index in [1.807, 2.05) is 74.5 Å². The van der Waals surface area contributed by atoms with Gasteiger partial charge in [0, 0.05) is 12.2 Å². The van der Waals surface area contributed by atoms with E-state index in [0.29, 0.717) is 12.1 Å². The summed E-state index contributed by atoms with van der Waals surface area (Å²) < 4.78 is 5.24. The number of anilines is 1. The van der Waals surface area contributed by atoms with Crippen molar-refractivity contribution in [2.45, 2.75) is 26.9 Å². The average molecular weight is 362 g/mol. The normalized spacial score (nSPS) is 12.0. The molecule has 0 aliphatic rings. The number of rotatable bonds is 6. The number of hydrogen-bond acceptors (Lipinski definition) is 4. The largest absolute Gasteiger partial charge is 0.448 e. The summed E-state index contributed by atoms with van der Waals surface area (Å²) in [5.74, 6) is -1.16. The topological polar surface area (TPSA) is 70.4 Å². The van der Waals surface area contributed by atoms with Crippen molar-refractivity contribution in [3.05, 3.63) is 71.3 Å². The Balaban J connectivity index is 2.11. The van der Waals surface area contributed by atoms with Crippen LogP contribution in [0.3, 0.4) is 0 Å². The molecule has 0 aliphatic carbocycles. The molecule has 27 heavy (non-hydrogen) atoms. The number of likely N-dealkylation sites (N-methyl/N-ethyl adjacent to an activating group) is 1. The minimum absolute atomic E-state index is 0.152. The Hall–Kier alpha value is -3.39. The van der Waals surface area contributed by atoms with Crippen LogP contribution in [0.2, 0.25) is 0 Å². The van der Waals surface area contributed by atoms with Crippen LogP contribution >= 0.6 is 0 Å². The van der Waals surface area contributed by atoms with Crippen molar-refractivity contribution < 1.29 is 14.3 Å². The van der Waals surface area contributed by atoms with Crippen LogP contribution in [0.5, 0.6) is 0 Å². The molecule has 0 spiro atoms. The number of amides is 1. The minimum atomic E-state index is -1.01. The van der Waals surface area contributed by atoms with Gasteiger partial charge in [-0.05, 0) is 44.5 Å². The monoisotopic (exact) mass is 362 g/mol. The third-order valence-electron chi connectivity index (χ3n) is 4.01. The van der Waals surface area contributed by atoms with Crippen LogP contribution in [-0.2, 0) is 14.3 Å². The van der Waals surface area contributed by atoms with E-state index in [2.05, 4.69) is 0 Å². The fourth-order valence-corrected chi connectivity index (χ4v) is 2.53. The molecule has 1 atom stereocenters. The predicted molar refractivity (Wildman–Crippen MR) is 105 cm³/mol. The molecule has 5 heteroatoms. The van der Waals surface area contributed by atoms with E-state index in [9.17, 15) is 14.9 Å². The number of nitriles is 1. The first-order valence-corrected chi connectivity index (χ1v) is 8.72. The molecular weight excluding hydrogens is 340 g/mol. The van der Waals surface area contributed by atoms with Crippen molar-refractivity contribution in [1.29, 1.82) is 5.26 Å². The highest BCUT2D eigenvalue weighted by molar-refractivity contribution is 6.01. The molecule has 0 fully saturated rings. The molecule has 0 saturated heterocycles. The second kappa shape index (κ2) is 9.35. The summed E-state index contributed by atoms with van der Waals surface area (Å²) >= 11 is 0. The van der Waals surface area contributed by atoms with Gasteiger partial charge in [0.05, 0.1) is 0 Å². The zero-order chi connectivity index (χ0) is 19.8. The summed E-state index contributed by atoms with van der Waals surface area (Å²) in [6.07, 6.45) is 0.445. The van der Waals surface area contributed by atoms with E-state index in [1.165, 1.54) is 17.9 Å². The Morgan fingerprint density at radius 1 is 1.15 bits per heavy atom. The number of carbonyl (C=O) groups excluding carboxylic acids is 2. The predicted octanol–water partition coefficient (Wildman–Crippen LogP) is 3.89. The number of para-hydroxylation sites is 1. The Kier molecular flexibility index (Phi) is 6.90. The lowest BCUT2D eigenvalue weighted by molar-refractivity contribution is -0.149. The van der Waals surface area contributed by atoms with Crippen LogP contribution in [0.1, 0.15) is 25.0 Å². The lowest BCUT2D eigenvalue weighted by Gasteiger charge is -2.24. The summed E-state index contributed by atoms with van der Waals surface area (Å²) in [5.41, 5.74) is 2.37. The second-order valence-corrected chi connectivity index (χ2v) is 6.05. The molecule has 0 aliphatic heterocycles. The summed E-state index contributed by atoms with van der Waals surface area (Å²) in [6.45, 7) is 5.74. The van der Waals surface area contributed by atoms with Crippen molar-refractivity contribution in [3.63, 3.8) is 0 Å². The number of esters is 1. The number of aryl methyl sites for hydroxylation is 1. The van der Waals surface area contributed by atoms with Gasteiger partial charge in [-0.25, -0.2) is 4.79 Å². The third kappa shape index (κ3) is 5.29. The van der Waals surface area contributed by atoms with Gasteiger partial charge in [0.1, 0.15) is 11.6 Å². The van der Waals surface area contributed by atoms with Gasteiger partial charge in [0.2, 0.25) is 0 Å². The Morgan fingerprint density at radius 2 is 1.78 bits per heavy atom. The van der Waals surface area contributed by atoms with Gasteiger partial charge in [-0.1, -0.05) is 48.0 Å². The van der Waals surface area contributed by atoms with Gasteiger partial charge in [-0.2, -0.15) is 5.26 Å². The minimum Gasteiger partial charge on any atom is -0.448 e. The van der Waals surface area contributed by atoms with Crippen molar-refractivity contribution in [2.24, 2.45) is 0 Å². The molecule has 0 bridgehead atoms. The standard InChI is InChI=1S/C22H22N2O3/c1-4-24(20-8-6-5-7-9-20)21(25)17(3)27-22(26)19(15-23)14-18-12-10-16(2)11-13-18/h5-14,17H,4H2,1-3H3/b19-14+/t17-/m1/s1. The molecule has 2 aromatic carbocycles. The van der Waals surface area contributed by atoms with Crippen LogP contribution in [-0.4, -0.2) is 24.5 Å². The first-order chi connectivity index (χ1) is 13.0. The fraction of sp³-hybridized carbons (Fsp3) is 0.227. The smallest absolute Gasteiger partial charge is 0.349 e. The highest BCUT2D eigenvalue weighted by atomic mass is 16.5. The Morgan fingerprint density at radius 3 is 2.33 bits per heavy atom. The lowest BCUT2D eigenvalue weighted by atomic mass is 10.1. The van der Waals surface area contributed by atoms with E-state index in [0.717, 1.165) is 11.3 Å². The molecule has 1 amide bonds. The summed E-state index contributed by atoms with van der Waals surface area (Å²) in [7, 11) is 0. The van der Waals surface area contributed by atoms with E-state index >= 15 is 0 Å². The van der Waals surface area contributed by atoms with Gasteiger partial charge in [-0.3, -0.25) is 4.79 Å². The number of carbonyl (C=O) groups is 2. The summed E-state index contributed by atoms with van der Waals surface area (Å²) in [6, 6.07) is 18.4. The molecule has 2 rings (SSSR count). The number of nitrogens with zero attached hydrogens (tertiary/aromatic N) is 2.